The van der Waals surface area contributed by atoms with Crippen LogP contribution in [0.1, 0.15) is 23.2 Å². The number of hydrogen-bond acceptors (Lipinski definition) is 3. The Morgan fingerprint density at radius 1 is 1.37 bits per heavy atom. The minimum Gasteiger partial charge on any atom is -0.481 e. The highest BCUT2D eigenvalue weighted by molar-refractivity contribution is 6.52. The van der Waals surface area contributed by atoms with E-state index in [9.17, 15) is 18.8 Å². The van der Waals surface area contributed by atoms with E-state index < -0.39 is 23.5 Å². The van der Waals surface area contributed by atoms with Crippen molar-refractivity contribution in [3.63, 3.8) is 0 Å². The molecule has 1 heterocycles. The molecular formula is C12H9ClFNO4. The standard InChI is InChI=1S/C12H9ClFNO4/c13-7-4-6-9(5-8(7)14)15(12(19)11(6)18)3-1-2-10(16)17/h4-5H,1-3H2,(H,16,17). The summed E-state index contributed by atoms with van der Waals surface area (Å²) < 4.78 is 13.4. The zero-order valence-corrected chi connectivity index (χ0v) is 10.4. The summed E-state index contributed by atoms with van der Waals surface area (Å²) in [7, 11) is 0. The molecule has 1 aromatic rings. The molecule has 0 aliphatic carbocycles. The van der Waals surface area contributed by atoms with E-state index in [2.05, 4.69) is 0 Å². The van der Waals surface area contributed by atoms with Gasteiger partial charge in [-0.1, -0.05) is 11.6 Å². The van der Waals surface area contributed by atoms with Gasteiger partial charge in [-0.15, -0.1) is 0 Å². The molecule has 2 rings (SSSR count). The van der Waals surface area contributed by atoms with Crippen molar-refractivity contribution in [2.45, 2.75) is 12.8 Å². The van der Waals surface area contributed by atoms with Gasteiger partial charge >= 0.3 is 5.97 Å². The number of Topliss-reactive ketones (excluding diaryl/α,β-unsaturated/α-hetero) is 1. The molecule has 0 aromatic heterocycles. The van der Waals surface area contributed by atoms with Crippen molar-refractivity contribution in [1.29, 1.82) is 0 Å². The minimum atomic E-state index is -1.000. The molecular weight excluding hydrogens is 277 g/mol. The highest BCUT2D eigenvalue weighted by Gasteiger charge is 2.36. The fourth-order valence-corrected chi connectivity index (χ4v) is 2.06. The number of carboxylic acid groups (broad SMARTS) is 1. The van der Waals surface area contributed by atoms with Crippen molar-refractivity contribution in [1.82, 2.24) is 0 Å². The number of halogens is 2. The lowest BCUT2D eigenvalue weighted by molar-refractivity contribution is -0.137. The number of benzene rings is 1. The van der Waals surface area contributed by atoms with Gasteiger partial charge in [0.2, 0.25) is 0 Å². The second-order valence-electron chi connectivity index (χ2n) is 4.07. The molecule has 0 spiro atoms. The summed E-state index contributed by atoms with van der Waals surface area (Å²) in [4.78, 5) is 34.9. The van der Waals surface area contributed by atoms with E-state index >= 15 is 0 Å². The van der Waals surface area contributed by atoms with E-state index in [-0.39, 0.29) is 35.7 Å². The lowest BCUT2D eigenvalue weighted by Crippen LogP contribution is -2.30. The van der Waals surface area contributed by atoms with Crippen LogP contribution in [0.4, 0.5) is 10.1 Å². The number of hydrogen-bond donors (Lipinski definition) is 1. The van der Waals surface area contributed by atoms with Crippen LogP contribution in [-0.4, -0.2) is 29.3 Å². The van der Waals surface area contributed by atoms with Gasteiger partial charge in [-0.05, 0) is 18.6 Å². The molecule has 100 valence electrons. The van der Waals surface area contributed by atoms with E-state index in [1.165, 1.54) is 0 Å². The van der Waals surface area contributed by atoms with Gasteiger partial charge in [0.25, 0.3) is 11.7 Å². The summed E-state index contributed by atoms with van der Waals surface area (Å²) >= 11 is 5.56. The van der Waals surface area contributed by atoms with Crippen molar-refractivity contribution < 1.29 is 23.9 Å². The number of amides is 1. The highest BCUT2D eigenvalue weighted by atomic mass is 35.5. The molecule has 19 heavy (non-hydrogen) atoms. The number of carboxylic acids is 1. The van der Waals surface area contributed by atoms with Gasteiger partial charge in [0.15, 0.2) is 0 Å². The Hall–Kier alpha value is -1.95. The first-order valence-electron chi connectivity index (χ1n) is 5.49. The molecule has 0 saturated carbocycles. The van der Waals surface area contributed by atoms with Gasteiger partial charge in [0.05, 0.1) is 16.3 Å². The first-order valence-corrected chi connectivity index (χ1v) is 5.86. The summed E-state index contributed by atoms with van der Waals surface area (Å²) in [6, 6.07) is 2.13. The third kappa shape index (κ3) is 2.44. The van der Waals surface area contributed by atoms with E-state index in [1.807, 2.05) is 0 Å². The van der Waals surface area contributed by atoms with Gasteiger partial charge in [-0.2, -0.15) is 0 Å². The molecule has 0 radical (unpaired) electrons. The van der Waals surface area contributed by atoms with Gasteiger partial charge in [-0.3, -0.25) is 14.4 Å². The van der Waals surface area contributed by atoms with Crippen LogP contribution in [0, 0.1) is 5.82 Å². The molecule has 0 atom stereocenters. The predicted octanol–water partition coefficient (Wildman–Crippen LogP) is 1.87. The minimum absolute atomic E-state index is 0.0466. The molecule has 0 unspecified atom stereocenters. The normalized spacial score (nSPS) is 13.9. The largest absolute Gasteiger partial charge is 0.481 e. The molecule has 1 N–H and O–H groups in total. The maximum atomic E-state index is 13.4. The number of fused-ring (bicyclic) bond motifs is 1. The number of aliphatic carboxylic acids is 1. The maximum Gasteiger partial charge on any atom is 0.303 e. The van der Waals surface area contributed by atoms with Crippen LogP contribution in [0.15, 0.2) is 12.1 Å². The van der Waals surface area contributed by atoms with Crippen LogP contribution < -0.4 is 4.90 Å². The van der Waals surface area contributed by atoms with Gasteiger partial charge in [0, 0.05) is 13.0 Å². The number of nitrogens with zero attached hydrogens (tertiary/aromatic N) is 1. The summed E-state index contributed by atoms with van der Waals surface area (Å²) in [5, 5.41) is 8.30. The fourth-order valence-electron chi connectivity index (χ4n) is 1.90. The second kappa shape index (κ2) is 4.97. The molecule has 0 bridgehead atoms. The predicted molar refractivity (Wildman–Crippen MR) is 65.0 cm³/mol. The number of carbonyl (C=O) groups is 3. The van der Waals surface area contributed by atoms with Crippen molar-refractivity contribution in [3.8, 4) is 0 Å². The van der Waals surface area contributed by atoms with Gasteiger partial charge in [0.1, 0.15) is 5.82 Å². The van der Waals surface area contributed by atoms with E-state index in [1.54, 1.807) is 0 Å². The SMILES string of the molecule is O=C(O)CCCN1C(=O)C(=O)c2cc(Cl)c(F)cc21. The Morgan fingerprint density at radius 2 is 2.05 bits per heavy atom. The van der Waals surface area contributed by atoms with Crippen molar-refractivity contribution in [2.24, 2.45) is 0 Å². The van der Waals surface area contributed by atoms with Gasteiger partial charge < -0.3 is 10.0 Å². The Balaban J connectivity index is 2.28. The molecule has 1 aromatic carbocycles. The summed E-state index contributed by atoms with van der Waals surface area (Å²) in [5.41, 5.74) is 0.189. The third-order valence-electron chi connectivity index (χ3n) is 2.79. The lowest BCUT2D eigenvalue weighted by atomic mass is 10.1. The zero-order chi connectivity index (χ0) is 14.2. The quantitative estimate of drug-likeness (QED) is 0.857. The van der Waals surface area contributed by atoms with Crippen LogP contribution in [-0.2, 0) is 9.59 Å². The topological polar surface area (TPSA) is 74.7 Å². The van der Waals surface area contributed by atoms with E-state index in [0.29, 0.717) is 0 Å². The van der Waals surface area contributed by atoms with Crippen LogP contribution in [0.5, 0.6) is 0 Å². The van der Waals surface area contributed by atoms with E-state index in [0.717, 1.165) is 17.0 Å². The average Bonchev–Trinajstić information content (AvgIpc) is 2.55. The van der Waals surface area contributed by atoms with Gasteiger partial charge in [-0.25, -0.2) is 4.39 Å². The lowest BCUT2D eigenvalue weighted by Gasteiger charge is -2.15. The van der Waals surface area contributed by atoms with Crippen LogP contribution in [0.3, 0.4) is 0 Å². The number of ketones is 1. The Labute approximate surface area is 112 Å². The molecule has 1 amide bonds. The molecule has 0 fully saturated rings. The molecule has 1 aliphatic heterocycles. The maximum absolute atomic E-state index is 13.4. The van der Waals surface area contributed by atoms with Crippen molar-refractivity contribution >= 4 is 34.9 Å². The van der Waals surface area contributed by atoms with Crippen LogP contribution in [0.2, 0.25) is 5.02 Å². The monoisotopic (exact) mass is 285 g/mol. The summed E-state index contributed by atoms with van der Waals surface area (Å²) in [6.45, 7) is 0.0466. The first-order chi connectivity index (χ1) is 8.91. The fraction of sp³-hybridized carbons (Fsp3) is 0.250. The summed E-state index contributed by atoms with van der Waals surface area (Å²) in [6.07, 6.45) is 0.0431. The van der Waals surface area contributed by atoms with Crippen LogP contribution in [0.25, 0.3) is 0 Å². The molecule has 7 heteroatoms. The number of anilines is 1. The smallest absolute Gasteiger partial charge is 0.303 e. The molecule has 5 nitrogen and oxygen atoms in total. The Bertz CT molecular complexity index is 587. The number of carbonyl (C=O) groups excluding carboxylic acids is 2. The van der Waals surface area contributed by atoms with Crippen LogP contribution >= 0.6 is 11.6 Å². The summed E-state index contributed by atoms with van der Waals surface area (Å²) in [5.74, 6) is -3.28. The Kier molecular flexibility index (Phi) is 3.53. The molecule has 0 saturated heterocycles. The first kappa shape index (κ1) is 13.5. The third-order valence-corrected chi connectivity index (χ3v) is 3.08. The molecule has 1 aliphatic rings. The Morgan fingerprint density at radius 3 is 2.68 bits per heavy atom. The zero-order valence-electron chi connectivity index (χ0n) is 9.65. The van der Waals surface area contributed by atoms with E-state index in [4.69, 9.17) is 16.7 Å². The van der Waals surface area contributed by atoms with Crippen molar-refractivity contribution in [3.05, 3.63) is 28.5 Å². The number of rotatable bonds is 4. The highest BCUT2D eigenvalue weighted by Crippen LogP contribution is 2.33. The average molecular weight is 286 g/mol. The second-order valence-corrected chi connectivity index (χ2v) is 4.47. The van der Waals surface area contributed by atoms with Crippen molar-refractivity contribution in [2.75, 3.05) is 11.4 Å².